The lowest BCUT2D eigenvalue weighted by molar-refractivity contribution is -0.126. The number of amides is 3. The van der Waals surface area contributed by atoms with Crippen LogP contribution in [0, 0.1) is 0 Å². The molecule has 0 bridgehead atoms. The zero-order valence-electron chi connectivity index (χ0n) is 16.3. The van der Waals surface area contributed by atoms with Gasteiger partial charge in [0, 0.05) is 45.3 Å². The molecule has 7 nitrogen and oxygen atoms in total. The number of nitrogens with one attached hydrogen (secondary N) is 2. The van der Waals surface area contributed by atoms with Crippen molar-refractivity contribution in [2.45, 2.75) is 19.4 Å². The topological polar surface area (TPSA) is 81.8 Å². The summed E-state index contributed by atoms with van der Waals surface area (Å²) >= 11 is 0. The Morgan fingerprint density at radius 1 is 0.852 bits per heavy atom. The minimum absolute atomic E-state index is 0.140. The van der Waals surface area contributed by atoms with E-state index >= 15 is 0 Å². The molecule has 0 aliphatic heterocycles. The van der Waals surface area contributed by atoms with E-state index in [0.717, 1.165) is 13.0 Å². The fraction of sp³-hybridized carbons (Fsp3) is 0.450. The monoisotopic (exact) mass is 376 g/mol. The molecule has 7 heteroatoms. The zero-order valence-corrected chi connectivity index (χ0v) is 16.3. The van der Waals surface area contributed by atoms with Gasteiger partial charge in [-0.1, -0.05) is 25.8 Å². The first kappa shape index (κ1) is 24.3. The van der Waals surface area contributed by atoms with Crippen LogP contribution in [0.3, 0.4) is 0 Å². The first-order valence-electron chi connectivity index (χ1n) is 8.98. The molecule has 2 N–H and O–H groups in total. The van der Waals surface area contributed by atoms with Crippen LogP contribution in [0.2, 0.25) is 0 Å². The van der Waals surface area contributed by atoms with E-state index in [0.29, 0.717) is 32.7 Å². The number of hydrogen-bond acceptors (Lipinski definition) is 4. The van der Waals surface area contributed by atoms with E-state index in [1.165, 1.54) is 18.2 Å². The predicted octanol–water partition coefficient (Wildman–Crippen LogP) is 0.872. The third-order valence-corrected chi connectivity index (χ3v) is 4.03. The summed E-state index contributed by atoms with van der Waals surface area (Å²) in [6.45, 7) is 19.4. The Morgan fingerprint density at radius 2 is 1.41 bits per heavy atom. The van der Waals surface area contributed by atoms with Gasteiger partial charge in [-0.05, 0) is 31.6 Å². The molecule has 3 amide bonds. The summed E-state index contributed by atoms with van der Waals surface area (Å²) in [5, 5.41) is 5.41. The van der Waals surface area contributed by atoms with E-state index in [9.17, 15) is 14.4 Å². The van der Waals surface area contributed by atoms with Crippen LogP contribution in [0.25, 0.3) is 0 Å². The van der Waals surface area contributed by atoms with Crippen molar-refractivity contribution in [3.63, 3.8) is 0 Å². The van der Waals surface area contributed by atoms with E-state index in [2.05, 4.69) is 41.8 Å². The van der Waals surface area contributed by atoms with Crippen LogP contribution in [0.4, 0.5) is 0 Å². The second kappa shape index (κ2) is 14.5. The third kappa shape index (κ3) is 10.8. The summed E-state index contributed by atoms with van der Waals surface area (Å²) in [7, 11) is 0. The first-order chi connectivity index (χ1) is 12.9. The molecule has 0 spiro atoms. The molecule has 1 unspecified atom stereocenters. The van der Waals surface area contributed by atoms with Gasteiger partial charge in [0.05, 0.1) is 0 Å². The van der Waals surface area contributed by atoms with Crippen molar-refractivity contribution in [3.05, 3.63) is 50.6 Å². The molecule has 0 saturated heterocycles. The molecule has 0 aromatic heterocycles. The van der Waals surface area contributed by atoms with Crippen LogP contribution in [0.1, 0.15) is 13.3 Å². The molecule has 0 fully saturated rings. The molecular weight excluding hydrogens is 344 g/mol. The Kier molecular flexibility index (Phi) is 13.1. The van der Waals surface area contributed by atoms with Gasteiger partial charge in [-0.2, -0.15) is 0 Å². The summed E-state index contributed by atoms with van der Waals surface area (Å²) in [6, 6.07) is 0.140. The van der Waals surface area contributed by atoms with Crippen molar-refractivity contribution in [2.75, 3.05) is 39.3 Å². The Hall–Kier alpha value is -2.67. The minimum atomic E-state index is -0.270. The molecule has 0 aromatic carbocycles. The highest BCUT2D eigenvalue weighted by Crippen LogP contribution is 2.03. The molecule has 1 atom stereocenters. The van der Waals surface area contributed by atoms with Gasteiger partial charge in [-0.25, -0.2) is 0 Å². The van der Waals surface area contributed by atoms with E-state index < -0.39 is 0 Å². The van der Waals surface area contributed by atoms with Crippen molar-refractivity contribution < 1.29 is 14.4 Å². The molecule has 0 aliphatic rings. The summed E-state index contributed by atoms with van der Waals surface area (Å²) in [4.78, 5) is 38.3. The molecular formula is C20H32N4O3. The fourth-order valence-corrected chi connectivity index (χ4v) is 2.38. The van der Waals surface area contributed by atoms with Gasteiger partial charge < -0.3 is 15.5 Å². The van der Waals surface area contributed by atoms with Crippen molar-refractivity contribution in [1.29, 1.82) is 0 Å². The summed E-state index contributed by atoms with van der Waals surface area (Å²) in [5.74, 6) is -0.650. The Balaban J connectivity index is 4.54. The number of carbonyl (C=O) groups excluding carboxylic acids is 3. The van der Waals surface area contributed by atoms with Gasteiger partial charge in [-0.15, -0.1) is 6.58 Å². The Morgan fingerprint density at radius 3 is 1.89 bits per heavy atom. The van der Waals surface area contributed by atoms with Crippen molar-refractivity contribution in [1.82, 2.24) is 20.4 Å². The molecule has 0 rings (SSSR count). The lowest BCUT2D eigenvalue weighted by Gasteiger charge is -2.28. The molecule has 0 heterocycles. The smallest absolute Gasteiger partial charge is 0.246 e. The Bertz CT molecular complexity index is 545. The number of hydrogen-bond donors (Lipinski definition) is 2. The van der Waals surface area contributed by atoms with Crippen LogP contribution >= 0.6 is 0 Å². The average molecular weight is 377 g/mol. The predicted molar refractivity (Wildman–Crippen MR) is 109 cm³/mol. The first-order valence-corrected chi connectivity index (χ1v) is 8.98. The maximum absolute atomic E-state index is 12.0. The Labute approximate surface area is 162 Å². The summed E-state index contributed by atoms with van der Waals surface area (Å²) < 4.78 is 0. The van der Waals surface area contributed by atoms with Gasteiger partial charge >= 0.3 is 0 Å². The van der Waals surface area contributed by atoms with Gasteiger partial charge in [0.25, 0.3) is 0 Å². The maximum Gasteiger partial charge on any atom is 0.246 e. The van der Waals surface area contributed by atoms with E-state index in [4.69, 9.17) is 0 Å². The normalized spacial score (nSPS) is 11.2. The average Bonchev–Trinajstić information content (AvgIpc) is 2.69. The zero-order chi connectivity index (χ0) is 20.7. The fourth-order valence-electron chi connectivity index (χ4n) is 2.38. The van der Waals surface area contributed by atoms with Crippen molar-refractivity contribution >= 4 is 17.7 Å². The van der Waals surface area contributed by atoms with E-state index in [1.807, 2.05) is 13.0 Å². The quantitative estimate of drug-likeness (QED) is 0.328. The molecule has 0 radical (unpaired) electrons. The van der Waals surface area contributed by atoms with Gasteiger partial charge in [0.2, 0.25) is 17.7 Å². The van der Waals surface area contributed by atoms with Gasteiger partial charge in [0.1, 0.15) is 0 Å². The van der Waals surface area contributed by atoms with Crippen LogP contribution < -0.4 is 10.6 Å². The molecule has 0 aromatic rings. The van der Waals surface area contributed by atoms with Gasteiger partial charge in [0.15, 0.2) is 0 Å². The lowest BCUT2D eigenvalue weighted by atomic mass is 10.2. The van der Waals surface area contributed by atoms with Crippen molar-refractivity contribution in [2.24, 2.45) is 0 Å². The largest absolute Gasteiger partial charge is 0.351 e. The molecule has 0 aliphatic carbocycles. The van der Waals surface area contributed by atoms with E-state index in [1.54, 1.807) is 4.90 Å². The molecule has 150 valence electrons. The molecule has 27 heavy (non-hydrogen) atoms. The van der Waals surface area contributed by atoms with Crippen molar-refractivity contribution in [3.8, 4) is 0 Å². The highest BCUT2D eigenvalue weighted by molar-refractivity contribution is 5.88. The van der Waals surface area contributed by atoms with Gasteiger partial charge in [-0.3, -0.25) is 19.3 Å². The second-order valence-electron chi connectivity index (χ2n) is 5.89. The minimum Gasteiger partial charge on any atom is -0.351 e. The van der Waals surface area contributed by atoms with Crippen LogP contribution in [0.15, 0.2) is 50.6 Å². The van der Waals surface area contributed by atoms with Crippen LogP contribution in [-0.2, 0) is 14.4 Å². The maximum atomic E-state index is 12.0. The summed E-state index contributed by atoms with van der Waals surface area (Å²) in [6.07, 6.45) is 6.28. The second-order valence-corrected chi connectivity index (χ2v) is 5.89. The summed E-state index contributed by atoms with van der Waals surface area (Å²) in [5.41, 5.74) is 0. The number of nitrogens with zero attached hydrogens (tertiary/aromatic N) is 2. The SMILES string of the molecule is C=CC(=O)NCCN(CCCN(CCNC(=O)C=C)C(C)C=C)C(=O)C=C. The lowest BCUT2D eigenvalue weighted by Crippen LogP contribution is -2.42. The third-order valence-electron chi connectivity index (χ3n) is 4.03. The number of rotatable bonds is 15. The highest BCUT2D eigenvalue weighted by Gasteiger charge is 2.14. The molecule has 0 saturated carbocycles. The standard InChI is InChI=1S/C20H32N4O3/c1-6-17(5)23(15-11-21-18(25)7-2)13-10-14-24(20(27)9-4)16-12-22-19(26)8-3/h6-9,17H,1-4,10-16H2,5H3,(H,21,25)(H,22,26). The van der Waals surface area contributed by atoms with Crippen LogP contribution in [-0.4, -0.2) is 72.8 Å². The number of carbonyl (C=O) groups is 3. The van der Waals surface area contributed by atoms with Crippen LogP contribution in [0.5, 0.6) is 0 Å². The highest BCUT2D eigenvalue weighted by atomic mass is 16.2. The van der Waals surface area contributed by atoms with E-state index in [-0.39, 0.29) is 23.8 Å².